The van der Waals surface area contributed by atoms with Crippen molar-refractivity contribution in [3.63, 3.8) is 0 Å². The second kappa shape index (κ2) is 16.8. The second-order valence-electron chi connectivity index (χ2n) is 19.2. The quantitative estimate of drug-likeness (QED) is 0.137. The highest BCUT2D eigenvalue weighted by Gasteiger charge is 2.35. The maximum Gasteiger partial charge on any atom is 0.0462 e. The van der Waals surface area contributed by atoms with Gasteiger partial charge in [0, 0.05) is 22.5 Å². The van der Waals surface area contributed by atoms with Crippen molar-refractivity contribution in [3.05, 3.63) is 272 Å². The van der Waals surface area contributed by atoms with Crippen LogP contribution in [0, 0.1) is 0 Å². The lowest BCUT2D eigenvalue weighted by molar-refractivity contribution is 0.660. The van der Waals surface area contributed by atoms with Crippen molar-refractivity contribution in [1.29, 1.82) is 0 Å². The predicted octanol–water partition coefficient (Wildman–Crippen LogP) is 19.3. The Kier molecular flexibility index (Phi) is 9.92. The van der Waals surface area contributed by atoms with E-state index in [0.29, 0.717) is 0 Å². The molecule has 70 heavy (non-hydrogen) atoms. The van der Waals surface area contributed by atoms with Crippen molar-refractivity contribution in [1.82, 2.24) is 0 Å². The standard InChI is InChI=1S/C69H49N/c1-69(2)64-31-19-18-30-56(64)57-39-34-52(44-65(57)69)51-36-41-59-63(43-51)62-42-50(46-20-8-3-9-21-46)35-40-58(62)67-61(48-24-12-5-13-25-48)45-60(47-22-10-4-11-23-47)66(68(59)67)49-32-37-55(38-33-49)70(53-26-14-6-15-27-53)54-28-16-7-17-29-54/h3-45H,1-2H3. The number of fused-ring (bicyclic) bond motifs is 9. The van der Waals surface area contributed by atoms with Crippen LogP contribution in [-0.4, -0.2) is 0 Å². The summed E-state index contributed by atoms with van der Waals surface area (Å²) in [4.78, 5) is 2.34. The first-order chi connectivity index (χ1) is 34.5. The molecule has 0 saturated heterocycles. The molecule has 1 aliphatic rings. The zero-order valence-corrected chi connectivity index (χ0v) is 39.3. The molecule has 13 rings (SSSR count). The molecule has 0 atom stereocenters. The number of para-hydroxylation sites is 2. The summed E-state index contributed by atoms with van der Waals surface area (Å²) in [6, 6.07) is 96.3. The van der Waals surface area contributed by atoms with Crippen LogP contribution in [0.3, 0.4) is 0 Å². The first kappa shape index (κ1) is 41.4. The summed E-state index contributed by atoms with van der Waals surface area (Å²) in [5.41, 5.74) is 20.7. The number of nitrogens with zero attached hydrogens (tertiary/aromatic N) is 1. The van der Waals surface area contributed by atoms with Crippen LogP contribution in [-0.2, 0) is 5.41 Å². The van der Waals surface area contributed by atoms with Gasteiger partial charge in [0.1, 0.15) is 0 Å². The number of rotatable bonds is 8. The number of benzene rings is 12. The number of hydrogen-bond acceptors (Lipinski definition) is 1. The smallest absolute Gasteiger partial charge is 0.0462 e. The van der Waals surface area contributed by atoms with Gasteiger partial charge in [0.2, 0.25) is 0 Å². The molecule has 12 aromatic carbocycles. The third-order valence-corrected chi connectivity index (χ3v) is 14.8. The van der Waals surface area contributed by atoms with Gasteiger partial charge in [-0.25, -0.2) is 0 Å². The third-order valence-electron chi connectivity index (χ3n) is 14.8. The normalized spacial score (nSPS) is 12.5. The lowest BCUT2D eigenvalue weighted by Crippen LogP contribution is -2.14. The summed E-state index contributed by atoms with van der Waals surface area (Å²) in [6.45, 7) is 4.74. The molecule has 0 aliphatic heterocycles. The molecule has 1 nitrogen and oxygen atoms in total. The molecular formula is C69H49N. The molecule has 0 saturated carbocycles. The van der Waals surface area contributed by atoms with Gasteiger partial charge >= 0.3 is 0 Å². The average molecular weight is 892 g/mol. The van der Waals surface area contributed by atoms with Gasteiger partial charge in [-0.3, -0.25) is 0 Å². The molecule has 0 aromatic heterocycles. The van der Waals surface area contributed by atoms with Crippen molar-refractivity contribution in [2.24, 2.45) is 0 Å². The number of hydrogen-bond donors (Lipinski definition) is 0. The lowest BCUT2D eigenvalue weighted by atomic mass is 9.80. The van der Waals surface area contributed by atoms with Crippen LogP contribution in [0.2, 0.25) is 0 Å². The Morgan fingerprint density at radius 3 is 1.29 bits per heavy atom. The monoisotopic (exact) mass is 891 g/mol. The molecular weight excluding hydrogens is 843 g/mol. The van der Waals surface area contributed by atoms with Gasteiger partial charge in [-0.15, -0.1) is 0 Å². The van der Waals surface area contributed by atoms with E-state index in [1.165, 1.54) is 110 Å². The molecule has 0 unspecified atom stereocenters. The first-order valence-corrected chi connectivity index (χ1v) is 24.4. The van der Waals surface area contributed by atoms with Gasteiger partial charge in [-0.1, -0.05) is 214 Å². The second-order valence-corrected chi connectivity index (χ2v) is 19.2. The number of anilines is 3. The highest BCUT2D eigenvalue weighted by atomic mass is 15.1. The molecule has 0 spiro atoms. The van der Waals surface area contributed by atoms with E-state index >= 15 is 0 Å². The van der Waals surface area contributed by atoms with E-state index in [2.05, 4.69) is 280 Å². The van der Waals surface area contributed by atoms with Gasteiger partial charge in [0.05, 0.1) is 0 Å². The third kappa shape index (κ3) is 6.85. The van der Waals surface area contributed by atoms with Gasteiger partial charge in [0.25, 0.3) is 0 Å². The Morgan fingerprint density at radius 2 is 0.686 bits per heavy atom. The zero-order valence-electron chi connectivity index (χ0n) is 39.3. The Balaban J connectivity index is 1.12. The minimum absolute atomic E-state index is 0.0996. The highest BCUT2D eigenvalue weighted by Crippen LogP contribution is 2.52. The first-order valence-electron chi connectivity index (χ1n) is 24.4. The van der Waals surface area contributed by atoms with E-state index in [1.54, 1.807) is 0 Å². The zero-order chi connectivity index (χ0) is 46.8. The molecule has 0 fully saturated rings. The molecule has 1 aliphatic carbocycles. The largest absolute Gasteiger partial charge is 0.311 e. The molecule has 0 N–H and O–H groups in total. The van der Waals surface area contributed by atoms with Gasteiger partial charge in [-0.2, -0.15) is 0 Å². The summed E-state index contributed by atoms with van der Waals surface area (Å²) < 4.78 is 0. The van der Waals surface area contributed by atoms with Crippen LogP contribution < -0.4 is 4.90 Å². The van der Waals surface area contributed by atoms with Crippen LogP contribution in [0.4, 0.5) is 17.1 Å². The van der Waals surface area contributed by atoms with Crippen LogP contribution >= 0.6 is 0 Å². The Bertz CT molecular complexity index is 3870. The molecule has 1 heteroatoms. The van der Waals surface area contributed by atoms with Gasteiger partial charge in [0.15, 0.2) is 0 Å². The molecule has 0 heterocycles. The van der Waals surface area contributed by atoms with Crippen molar-refractivity contribution >= 4 is 49.4 Å². The van der Waals surface area contributed by atoms with Crippen LogP contribution in [0.25, 0.3) is 99.1 Å². The van der Waals surface area contributed by atoms with E-state index in [9.17, 15) is 0 Å². The van der Waals surface area contributed by atoms with Crippen molar-refractivity contribution in [3.8, 4) is 66.8 Å². The minimum atomic E-state index is -0.0996. The fourth-order valence-electron chi connectivity index (χ4n) is 11.4. The fraction of sp³-hybridized carbons (Fsp3) is 0.0435. The SMILES string of the molecule is CC1(C)c2ccccc2-c2ccc(-c3ccc4c(c3)c3cc(-c5ccccc5)ccc3c3c(-c5ccccc5)cc(-c5ccccc5)c(-c5ccc(N(c6ccccc6)c6ccccc6)cc5)c43)cc21. The minimum Gasteiger partial charge on any atom is -0.311 e. The van der Waals surface area contributed by atoms with Crippen LogP contribution in [0.15, 0.2) is 261 Å². The van der Waals surface area contributed by atoms with Crippen molar-refractivity contribution in [2.75, 3.05) is 4.90 Å². The predicted molar refractivity (Wildman–Crippen MR) is 298 cm³/mol. The molecule has 330 valence electrons. The summed E-state index contributed by atoms with van der Waals surface area (Å²) in [6.07, 6.45) is 0. The van der Waals surface area contributed by atoms with E-state index < -0.39 is 0 Å². The maximum atomic E-state index is 2.48. The summed E-state index contributed by atoms with van der Waals surface area (Å²) >= 11 is 0. The van der Waals surface area contributed by atoms with E-state index in [-0.39, 0.29) is 5.41 Å². The molecule has 0 amide bonds. The van der Waals surface area contributed by atoms with Gasteiger partial charge < -0.3 is 4.90 Å². The average Bonchev–Trinajstić information content (AvgIpc) is 3.66. The molecule has 12 aromatic rings. The van der Waals surface area contributed by atoms with Gasteiger partial charge in [-0.05, 0) is 171 Å². The summed E-state index contributed by atoms with van der Waals surface area (Å²) in [7, 11) is 0. The Hall–Kier alpha value is -8.78. The van der Waals surface area contributed by atoms with E-state index in [0.717, 1.165) is 17.1 Å². The Morgan fingerprint density at radius 1 is 0.257 bits per heavy atom. The van der Waals surface area contributed by atoms with E-state index in [4.69, 9.17) is 0 Å². The summed E-state index contributed by atoms with van der Waals surface area (Å²) in [5, 5.41) is 7.46. The van der Waals surface area contributed by atoms with Crippen LogP contribution in [0.1, 0.15) is 25.0 Å². The lowest BCUT2D eigenvalue weighted by Gasteiger charge is -2.26. The van der Waals surface area contributed by atoms with E-state index in [1.807, 2.05) is 0 Å². The van der Waals surface area contributed by atoms with Crippen LogP contribution in [0.5, 0.6) is 0 Å². The summed E-state index contributed by atoms with van der Waals surface area (Å²) in [5.74, 6) is 0. The van der Waals surface area contributed by atoms with Crippen molar-refractivity contribution < 1.29 is 0 Å². The Labute approximate surface area is 410 Å². The fourth-order valence-corrected chi connectivity index (χ4v) is 11.4. The van der Waals surface area contributed by atoms with Crippen molar-refractivity contribution in [2.45, 2.75) is 19.3 Å². The molecule has 0 radical (unpaired) electrons. The highest BCUT2D eigenvalue weighted by molar-refractivity contribution is 6.33. The topological polar surface area (TPSA) is 3.24 Å². The maximum absolute atomic E-state index is 2.48. The molecule has 0 bridgehead atoms.